The molecule has 1 atom stereocenters. The van der Waals surface area contributed by atoms with Crippen LogP contribution >= 0.6 is 0 Å². The van der Waals surface area contributed by atoms with Crippen molar-refractivity contribution in [2.24, 2.45) is 11.7 Å². The van der Waals surface area contributed by atoms with Crippen LogP contribution in [0.4, 0.5) is 0 Å². The molecule has 0 amide bonds. The van der Waals surface area contributed by atoms with Crippen LogP contribution in [0.1, 0.15) is 46.0 Å². The third-order valence-corrected chi connectivity index (χ3v) is 2.83. The van der Waals surface area contributed by atoms with Gasteiger partial charge in [0.25, 0.3) is 0 Å². The molecule has 0 aromatic heterocycles. The van der Waals surface area contributed by atoms with Gasteiger partial charge in [-0.2, -0.15) is 0 Å². The van der Waals surface area contributed by atoms with Crippen LogP contribution in [0.5, 0.6) is 0 Å². The van der Waals surface area contributed by atoms with Gasteiger partial charge in [0, 0.05) is 26.2 Å². The Morgan fingerprint density at radius 3 is 2.56 bits per heavy atom. The maximum atomic E-state index is 9.55. The van der Waals surface area contributed by atoms with Gasteiger partial charge in [0.05, 0.1) is 12.7 Å². The number of ether oxygens (including phenoxy) is 1. The first-order valence-electron chi connectivity index (χ1n) is 7.33. The van der Waals surface area contributed by atoms with Gasteiger partial charge in [-0.3, -0.25) is 0 Å². The minimum atomic E-state index is -0.419. The van der Waals surface area contributed by atoms with E-state index >= 15 is 0 Å². The molecule has 0 saturated carbocycles. The topological polar surface area (TPSA) is 67.5 Å². The van der Waals surface area contributed by atoms with E-state index in [9.17, 15) is 5.11 Å². The molecule has 0 bridgehead atoms. The van der Waals surface area contributed by atoms with E-state index in [2.05, 4.69) is 19.2 Å². The Bertz CT molecular complexity index is 166. The number of unbranched alkanes of at least 4 members (excludes halogenated alkanes) is 3. The summed E-state index contributed by atoms with van der Waals surface area (Å²) in [5, 5.41) is 12.6. The summed E-state index contributed by atoms with van der Waals surface area (Å²) in [5.41, 5.74) is 5.34. The van der Waals surface area contributed by atoms with E-state index in [4.69, 9.17) is 10.5 Å². The van der Waals surface area contributed by atoms with E-state index in [0.717, 1.165) is 25.5 Å². The lowest BCUT2D eigenvalue weighted by Gasteiger charge is -2.12. The van der Waals surface area contributed by atoms with Crippen LogP contribution in [0.3, 0.4) is 0 Å². The molecule has 0 saturated heterocycles. The summed E-state index contributed by atoms with van der Waals surface area (Å²) in [6.07, 6.45) is 5.85. The molecule has 110 valence electrons. The highest BCUT2D eigenvalue weighted by atomic mass is 16.5. The summed E-state index contributed by atoms with van der Waals surface area (Å²) >= 11 is 0. The lowest BCUT2D eigenvalue weighted by Crippen LogP contribution is -2.33. The monoisotopic (exact) mass is 260 g/mol. The molecule has 4 heteroatoms. The molecule has 1 unspecified atom stereocenters. The minimum Gasteiger partial charge on any atom is -0.389 e. The van der Waals surface area contributed by atoms with Crippen molar-refractivity contribution in [2.75, 3.05) is 32.8 Å². The summed E-state index contributed by atoms with van der Waals surface area (Å²) in [5.74, 6) is 0.817. The molecule has 0 heterocycles. The summed E-state index contributed by atoms with van der Waals surface area (Å²) < 4.78 is 5.43. The molecule has 4 N–H and O–H groups in total. The highest BCUT2D eigenvalue weighted by Gasteiger charge is 2.02. The molecular weight excluding hydrogens is 228 g/mol. The Balaban J connectivity index is 3.10. The number of aliphatic hydroxyl groups is 1. The van der Waals surface area contributed by atoms with Crippen molar-refractivity contribution >= 4 is 0 Å². The second-order valence-electron chi connectivity index (χ2n) is 5.32. The van der Waals surface area contributed by atoms with Crippen molar-refractivity contribution in [2.45, 2.75) is 52.1 Å². The van der Waals surface area contributed by atoms with Gasteiger partial charge in [-0.25, -0.2) is 0 Å². The zero-order valence-corrected chi connectivity index (χ0v) is 12.2. The van der Waals surface area contributed by atoms with Gasteiger partial charge in [-0.05, 0) is 12.3 Å². The Morgan fingerprint density at radius 2 is 1.89 bits per heavy atom. The fraction of sp³-hybridized carbons (Fsp3) is 1.00. The molecular formula is C14H32N2O2. The predicted molar refractivity (Wildman–Crippen MR) is 76.7 cm³/mol. The third kappa shape index (κ3) is 13.9. The number of hydrogen-bond acceptors (Lipinski definition) is 4. The predicted octanol–water partition coefficient (Wildman–Crippen LogP) is 1.52. The van der Waals surface area contributed by atoms with E-state index in [-0.39, 0.29) is 0 Å². The molecule has 0 fully saturated rings. The average molecular weight is 260 g/mol. The molecule has 0 spiro atoms. The van der Waals surface area contributed by atoms with Gasteiger partial charge < -0.3 is 20.9 Å². The lowest BCUT2D eigenvalue weighted by atomic mass is 10.0. The van der Waals surface area contributed by atoms with Crippen LogP contribution < -0.4 is 11.1 Å². The second kappa shape index (κ2) is 13.3. The Morgan fingerprint density at radius 1 is 1.17 bits per heavy atom. The highest BCUT2D eigenvalue weighted by molar-refractivity contribution is 4.58. The fourth-order valence-corrected chi connectivity index (χ4v) is 1.76. The normalized spacial score (nSPS) is 13.2. The van der Waals surface area contributed by atoms with Gasteiger partial charge in [0.2, 0.25) is 0 Å². The molecule has 0 aromatic carbocycles. The van der Waals surface area contributed by atoms with Crippen molar-refractivity contribution in [1.29, 1.82) is 0 Å². The van der Waals surface area contributed by atoms with E-state index in [1.54, 1.807) is 0 Å². The number of aliphatic hydroxyl groups excluding tert-OH is 1. The fourth-order valence-electron chi connectivity index (χ4n) is 1.76. The average Bonchev–Trinajstić information content (AvgIpc) is 2.32. The molecule has 18 heavy (non-hydrogen) atoms. The molecule has 0 aromatic rings. The zero-order chi connectivity index (χ0) is 13.6. The van der Waals surface area contributed by atoms with E-state index in [0.29, 0.717) is 19.7 Å². The lowest BCUT2D eigenvalue weighted by molar-refractivity contribution is 0.0356. The highest BCUT2D eigenvalue weighted by Crippen LogP contribution is 2.09. The zero-order valence-electron chi connectivity index (χ0n) is 12.2. The molecule has 4 nitrogen and oxygen atoms in total. The number of rotatable bonds is 13. The Hall–Kier alpha value is -0.160. The van der Waals surface area contributed by atoms with Gasteiger partial charge in [-0.15, -0.1) is 0 Å². The van der Waals surface area contributed by atoms with Crippen LogP contribution in [0.15, 0.2) is 0 Å². The number of nitrogens with one attached hydrogen (secondary N) is 1. The van der Waals surface area contributed by atoms with E-state index < -0.39 is 6.10 Å². The molecule has 0 aliphatic carbocycles. The van der Waals surface area contributed by atoms with Gasteiger partial charge in [-0.1, -0.05) is 39.5 Å². The van der Waals surface area contributed by atoms with Crippen molar-refractivity contribution in [3.05, 3.63) is 0 Å². The van der Waals surface area contributed by atoms with Crippen LogP contribution in [0.2, 0.25) is 0 Å². The second-order valence-corrected chi connectivity index (χ2v) is 5.32. The minimum absolute atomic E-state index is 0.419. The van der Waals surface area contributed by atoms with Crippen molar-refractivity contribution < 1.29 is 9.84 Å². The maximum absolute atomic E-state index is 9.55. The van der Waals surface area contributed by atoms with Crippen molar-refractivity contribution in [1.82, 2.24) is 5.32 Å². The van der Waals surface area contributed by atoms with Gasteiger partial charge in [0.15, 0.2) is 0 Å². The standard InChI is InChI=1S/C14H32N2O2/c1-13(2)7-5-3-4-6-10-18-12-14(17)11-16-9-8-15/h13-14,16-17H,3-12,15H2,1-2H3. The maximum Gasteiger partial charge on any atom is 0.0897 e. The van der Waals surface area contributed by atoms with Crippen LogP contribution in [-0.2, 0) is 4.74 Å². The van der Waals surface area contributed by atoms with Crippen LogP contribution in [0, 0.1) is 5.92 Å². The summed E-state index contributed by atoms with van der Waals surface area (Å²) in [7, 11) is 0. The SMILES string of the molecule is CC(C)CCCCCCOCC(O)CNCCN. The van der Waals surface area contributed by atoms with Crippen LogP contribution in [-0.4, -0.2) is 44.1 Å². The molecule has 0 radical (unpaired) electrons. The third-order valence-electron chi connectivity index (χ3n) is 2.83. The van der Waals surface area contributed by atoms with E-state index in [1.165, 1.54) is 25.7 Å². The first-order chi connectivity index (χ1) is 8.66. The quantitative estimate of drug-likeness (QED) is 0.439. The summed E-state index contributed by atoms with van der Waals surface area (Å²) in [6, 6.07) is 0. The first kappa shape index (κ1) is 17.8. The first-order valence-corrected chi connectivity index (χ1v) is 7.33. The van der Waals surface area contributed by atoms with Crippen molar-refractivity contribution in [3.63, 3.8) is 0 Å². The number of nitrogens with two attached hydrogens (primary N) is 1. The van der Waals surface area contributed by atoms with Gasteiger partial charge in [0.1, 0.15) is 0 Å². The molecule has 0 aliphatic rings. The summed E-state index contributed by atoms with van der Waals surface area (Å²) in [4.78, 5) is 0. The Labute approximate surface area is 112 Å². The Kier molecular flexibility index (Phi) is 13.2. The van der Waals surface area contributed by atoms with E-state index in [1.807, 2.05) is 0 Å². The molecule has 0 rings (SSSR count). The largest absolute Gasteiger partial charge is 0.389 e. The molecule has 0 aliphatic heterocycles. The summed E-state index contributed by atoms with van der Waals surface area (Å²) in [6.45, 7) is 7.62. The smallest absolute Gasteiger partial charge is 0.0897 e. The number of hydrogen-bond donors (Lipinski definition) is 3. The van der Waals surface area contributed by atoms with Gasteiger partial charge >= 0.3 is 0 Å². The van der Waals surface area contributed by atoms with Crippen molar-refractivity contribution in [3.8, 4) is 0 Å². The van der Waals surface area contributed by atoms with Crippen LogP contribution in [0.25, 0.3) is 0 Å².